The Morgan fingerprint density at radius 2 is 2.17 bits per heavy atom. The van der Waals surface area contributed by atoms with Gasteiger partial charge in [-0.2, -0.15) is 0 Å². The molecule has 0 aromatic carbocycles. The summed E-state index contributed by atoms with van der Waals surface area (Å²) in [7, 11) is 0. The van der Waals surface area contributed by atoms with Crippen molar-refractivity contribution in [2.24, 2.45) is 11.3 Å². The van der Waals surface area contributed by atoms with E-state index in [2.05, 4.69) is 20.8 Å². The number of rotatable bonds is 4. The summed E-state index contributed by atoms with van der Waals surface area (Å²) in [6.07, 6.45) is 7.38. The largest absolute Gasteiger partial charge is 0.459 e. The number of hydrogen-bond acceptors (Lipinski definition) is 2. The van der Waals surface area contributed by atoms with Gasteiger partial charge < -0.3 is 4.74 Å². The van der Waals surface area contributed by atoms with Gasteiger partial charge in [0.15, 0.2) is 0 Å². The maximum atomic E-state index is 11.9. The Morgan fingerprint density at radius 3 is 2.72 bits per heavy atom. The van der Waals surface area contributed by atoms with Crippen LogP contribution in [0.4, 0.5) is 0 Å². The highest BCUT2D eigenvalue weighted by atomic mass is 16.5. The van der Waals surface area contributed by atoms with Gasteiger partial charge in [-0.1, -0.05) is 33.8 Å². The van der Waals surface area contributed by atoms with Crippen molar-refractivity contribution in [3.63, 3.8) is 0 Å². The molecule has 0 bridgehead atoms. The summed E-state index contributed by atoms with van der Waals surface area (Å²) >= 11 is 0. The number of carbonyl (C=O) groups is 1. The second kappa shape index (κ2) is 6.40. The monoisotopic (exact) mass is 252 g/mol. The van der Waals surface area contributed by atoms with Gasteiger partial charge in [-0.25, -0.2) is 4.79 Å². The number of hydrogen-bond donors (Lipinski definition) is 0. The molecule has 104 valence electrons. The van der Waals surface area contributed by atoms with E-state index in [9.17, 15) is 4.79 Å². The Bertz CT molecular complexity index is 317. The summed E-state index contributed by atoms with van der Waals surface area (Å²) in [6, 6.07) is 0. The molecule has 0 amide bonds. The lowest BCUT2D eigenvalue weighted by atomic mass is 9.67. The van der Waals surface area contributed by atoms with Gasteiger partial charge in [-0.05, 0) is 50.4 Å². The second-order valence-electron chi connectivity index (χ2n) is 6.23. The first-order valence-electron chi connectivity index (χ1n) is 7.26. The molecule has 0 saturated heterocycles. The van der Waals surface area contributed by atoms with Crippen molar-refractivity contribution in [2.75, 3.05) is 0 Å². The van der Waals surface area contributed by atoms with Crippen LogP contribution in [0.25, 0.3) is 0 Å². The predicted molar refractivity (Wildman–Crippen MR) is 75.3 cm³/mol. The summed E-state index contributed by atoms with van der Waals surface area (Å²) in [5.74, 6) is 0.515. The highest BCUT2D eigenvalue weighted by molar-refractivity contribution is 5.87. The number of carbonyl (C=O) groups excluding carboxylic acids is 1. The van der Waals surface area contributed by atoms with E-state index in [1.165, 1.54) is 12.8 Å². The van der Waals surface area contributed by atoms with Crippen LogP contribution in [-0.4, -0.2) is 12.1 Å². The molecule has 0 aromatic heterocycles. The normalized spacial score (nSPS) is 29.4. The van der Waals surface area contributed by atoms with Crippen molar-refractivity contribution in [1.29, 1.82) is 0 Å². The fourth-order valence-corrected chi connectivity index (χ4v) is 2.72. The molecule has 2 atom stereocenters. The van der Waals surface area contributed by atoms with Gasteiger partial charge in [0.2, 0.25) is 0 Å². The molecule has 0 spiro atoms. The third kappa shape index (κ3) is 3.86. The fourth-order valence-electron chi connectivity index (χ4n) is 2.72. The second-order valence-corrected chi connectivity index (χ2v) is 6.23. The fraction of sp³-hybridized carbons (Fsp3) is 0.812. The zero-order valence-electron chi connectivity index (χ0n) is 12.6. The highest BCUT2D eigenvalue weighted by Crippen LogP contribution is 2.42. The lowest BCUT2D eigenvalue weighted by Gasteiger charge is -2.41. The third-order valence-corrected chi connectivity index (χ3v) is 4.47. The van der Waals surface area contributed by atoms with Crippen LogP contribution >= 0.6 is 0 Å². The van der Waals surface area contributed by atoms with Crippen molar-refractivity contribution >= 4 is 5.97 Å². The summed E-state index contributed by atoms with van der Waals surface area (Å²) in [4.78, 5) is 11.9. The maximum absolute atomic E-state index is 11.9. The van der Waals surface area contributed by atoms with Crippen molar-refractivity contribution in [3.8, 4) is 0 Å². The van der Waals surface area contributed by atoms with Gasteiger partial charge in [0.1, 0.15) is 6.10 Å². The summed E-state index contributed by atoms with van der Waals surface area (Å²) in [5.41, 5.74) is 1.07. The maximum Gasteiger partial charge on any atom is 0.333 e. The van der Waals surface area contributed by atoms with Crippen molar-refractivity contribution in [2.45, 2.75) is 72.8 Å². The van der Waals surface area contributed by atoms with Crippen LogP contribution in [0.3, 0.4) is 0 Å². The predicted octanol–water partition coefficient (Wildman–Crippen LogP) is 4.49. The number of ether oxygens (including phenoxy) is 1. The van der Waals surface area contributed by atoms with Crippen molar-refractivity contribution in [3.05, 3.63) is 11.6 Å². The Labute approximate surface area is 112 Å². The van der Waals surface area contributed by atoms with Gasteiger partial charge in [-0.15, -0.1) is 0 Å². The lowest BCUT2D eigenvalue weighted by Crippen LogP contribution is -2.35. The van der Waals surface area contributed by atoms with E-state index >= 15 is 0 Å². The van der Waals surface area contributed by atoms with E-state index in [0.717, 1.165) is 24.8 Å². The minimum Gasteiger partial charge on any atom is -0.459 e. The standard InChI is InChI=1S/C16H28O2/c1-6-8-13(4)15(17)18-14-9-7-10-16(5,11-14)12(2)3/h8,12,14H,6-7,9-11H2,1-5H3. The summed E-state index contributed by atoms with van der Waals surface area (Å²) in [5, 5.41) is 0. The Hall–Kier alpha value is -0.790. The van der Waals surface area contributed by atoms with Gasteiger partial charge in [-0.3, -0.25) is 0 Å². The Balaban J connectivity index is 2.58. The molecule has 2 nitrogen and oxygen atoms in total. The molecular weight excluding hydrogens is 224 g/mol. The van der Waals surface area contributed by atoms with Crippen LogP contribution in [0.2, 0.25) is 0 Å². The molecule has 1 fully saturated rings. The molecule has 2 unspecified atom stereocenters. The zero-order chi connectivity index (χ0) is 13.8. The Kier molecular flexibility index (Phi) is 5.43. The molecule has 0 radical (unpaired) electrons. The third-order valence-electron chi connectivity index (χ3n) is 4.47. The molecule has 0 N–H and O–H groups in total. The first-order chi connectivity index (χ1) is 8.39. The van der Waals surface area contributed by atoms with E-state index in [1.54, 1.807) is 0 Å². The van der Waals surface area contributed by atoms with Gasteiger partial charge >= 0.3 is 5.97 Å². The first kappa shape index (κ1) is 15.3. The van der Waals surface area contributed by atoms with E-state index in [-0.39, 0.29) is 12.1 Å². The van der Waals surface area contributed by atoms with Crippen LogP contribution in [0.5, 0.6) is 0 Å². The van der Waals surface area contributed by atoms with Crippen LogP contribution < -0.4 is 0 Å². The highest BCUT2D eigenvalue weighted by Gasteiger charge is 2.36. The summed E-state index contributed by atoms with van der Waals surface area (Å²) < 4.78 is 5.64. The number of esters is 1. The van der Waals surface area contributed by atoms with E-state index in [1.807, 2.05) is 19.9 Å². The van der Waals surface area contributed by atoms with Crippen molar-refractivity contribution < 1.29 is 9.53 Å². The molecule has 1 aliphatic carbocycles. The minimum atomic E-state index is -0.130. The van der Waals surface area contributed by atoms with Crippen LogP contribution in [0, 0.1) is 11.3 Å². The van der Waals surface area contributed by atoms with Crippen LogP contribution in [-0.2, 0) is 9.53 Å². The van der Waals surface area contributed by atoms with Gasteiger partial charge in [0.05, 0.1) is 0 Å². The molecule has 1 rings (SSSR count). The van der Waals surface area contributed by atoms with E-state index in [4.69, 9.17) is 4.74 Å². The smallest absolute Gasteiger partial charge is 0.333 e. The van der Waals surface area contributed by atoms with Gasteiger partial charge in [0, 0.05) is 5.57 Å². The van der Waals surface area contributed by atoms with Crippen LogP contribution in [0.1, 0.15) is 66.7 Å². The van der Waals surface area contributed by atoms with E-state index in [0.29, 0.717) is 11.3 Å². The molecule has 2 heteroatoms. The molecule has 18 heavy (non-hydrogen) atoms. The minimum absolute atomic E-state index is 0.110. The van der Waals surface area contributed by atoms with E-state index < -0.39 is 0 Å². The molecule has 0 aromatic rings. The average molecular weight is 252 g/mol. The van der Waals surface area contributed by atoms with Gasteiger partial charge in [0.25, 0.3) is 0 Å². The first-order valence-corrected chi connectivity index (χ1v) is 7.26. The Morgan fingerprint density at radius 1 is 1.50 bits per heavy atom. The van der Waals surface area contributed by atoms with Crippen LogP contribution in [0.15, 0.2) is 11.6 Å². The lowest BCUT2D eigenvalue weighted by molar-refractivity contribution is -0.148. The molecule has 1 aliphatic rings. The molecular formula is C16H28O2. The molecule has 0 aliphatic heterocycles. The average Bonchev–Trinajstić information content (AvgIpc) is 2.29. The molecule has 1 saturated carbocycles. The van der Waals surface area contributed by atoms with Crippen molar-refractivity contribution in [1.82, 2.24) is 0 Å². The summed E-state index contributed by atoms with van der Waals surface area (Å²) in [6.45, 7) is 10.7. The zero-order valence-corrected chi connectivity index (χ0v) is 12.6. The number of allylic oxidation sites excluding steroid dienone is 1. The SMILES string of the molecule is CCC=C(C)C(=O)OC1CCCC(C)(C(C)C)C1. The quantitative estimate of drug-likeness (QED) is 0.544. The molecule has 0 heterocycles. The topological polar surface area (TPSA) is 26.3 Å².